The van der Waals surface area contributed by atoms with Gasteiger partial charge >= 0.3 is 0 Å². The highest BCUT2D eigenvalue weighted by Crippen LogP contribution is 2.53. The zero-order valence-electron chi connectivity index (χ0n) is 7.59. The van der Waals surface area contributed by atoms with Gasteiger partial charge in [0.2, 0.25) is 5.54 Å². The predicted molar refractivity (Wildman–Crippen MR) is 50.6 cm³/mol. The van der Waals surface area contributed by atoms with Crippen molar-refractivity contribution in [3.8, 4) is 0 Å². The van der Waals surface area contributed by atoms with Crippen LogP contribution in [-0.4, -0.2) is 16.3 Å². The number of nitro groups is 1. The van der Waals surface area contributed by atoms with Crippen LogP contribution < -0.4 is 0 Å². The van der Waals surface area contributed by atoms with Crippen LogP contribution in [0.15, 0.2) is 0 Å². The first kappa shape index (κ1) is 9.25. The molecule has 0 unspecified atom stereocenters. The van der Waals surface area contributed by atoms with Crippen LogP contribution >= 0.6 is 11.6 Å². The largest absolute Gasteiger partial charge is 0.264 e. The van der Waals surface area contributed by atoms with Gasteiger partial charge in [-0.1, -0.05) is 0 Å². The molecule has 13 heavy (non-hydrogen) atoms. The van der Waals surface area contributed by atoms with Gasteiger partial charge in [-0.05, 0) is 24.7 Å². The molecule has 0 amide bonds. The summed E-state index contributed by atoms with van der Waals surface area (Å²) in [6.45, 7) is 0. The Labute approximate surface area is 82.6 Å². The van der Waals surface area contributed by atoms with Gasteiger partial charge in [0.15, 0.2) is 0 Å². The summed E-state index contributed by atoms with van der Waals surface area (Å²) in [5.41, 5.74) is -0.326. The minimum absolute atomic E-state index is 0.0513. The molecular formula is C9H14ClNO2. The minimum Gasteiger partial charge on any atom is -0.264 e. The molecule has 2 bridgehead atoms. The van der Waals surface area contributed by atoms with Crippen LogP contribution in [0.4, 0.5) is 0 Å². The number of rotatable bonds is 2. The summed E-state index contributed by atoms with van der Waals surface area (Å²) in [5.74, 6) is 0.681. The highest BCUT2D eigenvalue weighted by Gasteiger charge is 2.55. The summed E-state index contributed by atoms with van der Waals surface area (Å²) in [7, 11) is 0. The smallest absolute Gasteiger partial charge is 0.222 e. The average Bonchev–Trinajstić information content (AvgIpc) is 2.20. The molecule has 0 aromatic rings. The van der Waals surface area contributed by atoms with Crippen molar-refractivity contribution < 1.29 is 4.92 Å². The summed E-state index contributed by atoms with van der Waals surface area (Å²) in [4.78, 5) is 10.8. The molecule has 0 aromatic carbocycles. The van der Waals surface area contributed by atoms with E-state index < -0.39 is 5.54 Å². The Morgan fingerprint density at radius 1 is 1.15 bits per heavy atom. The molecule has 3 saturated carbocycles. The minimum atomic E-state index is -0.576. The molecule has 3 fully saturated rings. The van der Waals surface area contributed by atoms with Crippen LogP contribution in [-0.2, 0) is 0 Å². The van der Waals surface area contributed by atoms with E-state index in [1.54, 1.807) is 0 Å². The van der Waals surface area contributed by atoms with E-state index in [1.165, 1.54) is 0 Å². The molecule has 0 radical (unpaired) electrons. The van der Waals surface area contributed by atoms with Gasteiger partial charge in [0.05, 0.1) is 0 Å². The Balaban J connectivity index is 2.16. The lowest BCUT2D eigenvalue weighted by atomic mass is 9.58. The van der Waals surface area contributed by atoms with Crippen molar-refractivity contribution in [3.63, 3.8) is 0 Å². The third-order valence-electron chi connectivity index (χ3n) is 4.03. The maximum atomic E-state index is 10.9. The molecule has 3 nitrogen and oxygen atoms in total. The zero-order valence-corrected chi connectivity index (χ0v) is 8.35. The van der Waals surface area contributed by atoms with E-state index in [2.05, 4.69) is 0 Å². The molecule has 3 aliphatic carbocycles. The summed E-state index contributed by atoms with van der Waals surface area (Å²) in [6, 6.07) is 0. The predicted octanol–water partition coefficient (Wildman–Crippen LogP) is 2.59. The van der Waals surface area contributed by atoms with Crippen molar-refractivity contribution in [2.45, 2.75) is 44.1 Å². The Kier molecular flexibility index (Phi) is 2.02. The maximum Gasteiger partial charge on any atom is 0.222 e. The van der Waals surface area contributed by atoms with E-state index in [9.17, 15) is 10.1 Å². The lowest BCUT2D eigenvalue weighted by Crippen LogP contribution is -2.51. The highest BCUT2D eigenvalue weighted by atomic mass is 35.5. The number of fused-ring (bicyclic) bond motifs is 3. The fraction of sp³-hybridized carbons (Fsp3) is 1.00. The summed E-state index contributed by atoms with van der Waals surface area (Å²) >= 11 is 5.92. The molecular weight excluding hydrogens is 190 g/mol. The van der Waals surface area contributed by atoms with Gasteiger partial charge in [0.25, 0.3) is 0 Å². The second-order valence-electron chi connectivity index (χ2n) is 4.62. The van der Waals surface area contributed by atoms with Gasteiger partial charge in [-0.3, -0.25) is 10.1 Å². The Morgan fingerprint density at radius 3 is 1.92 bits per heavy atom. The lowest BCUT2D eigenvalue weighted by Gasteiger charge is -2.47. The van der Waals surface area contributed by atoms with E-state index in [4.69, 9.17) is 11.6 Å². The molecule has 0 atom stereocenters. The van der Waals surface area contributed by atoms with Crippen molar-refractivity contribution in [1.29, 1.82) is 0 Å². The summed E-state index contributed by atoms with van der Waals surface area (Å²) in [5, 5.41) is 10.9. The Hall–Kier alpha value is -0.310. The molecule has 0 spiro atoms. The third-order valence-corrected chi connectivity index (χ3v) is 4.60. The van der Waals surface area contributed by atoms with Gasteiger partial charge in [-0.2, -0.15) is 0 Å². The summed E-state index contributed by atoms with van der Waals surface area (Å²) < 4.78 is 0. The summed E-state index contributed by atoms with van der Waals surface area (Å²) in [6.07, 6.45) is 5.10. The van der Waals surface area contributed by atoms with Crippen molar-refractivity contribution >= 4 is 11.6 Å². The lowest BCUT2D eigenvalue weighted by molar-refractivity contribution is -0.583. The van der Waals surface area contributed by atoms with E-state index in [-0.39, 0.29) is 10.3 Å². The fourth-order valence-electron chi connectivity index (χ4n) is 2.72. The average molecular weight is 204 g/mol. The maximum absolute atomic E-state index is 10.9. The van der Waals surface area contributed by atoms with E-state index >= 15 is 0 Å². The quantitative estimate of drug-likeness (QED) is 0.393. The van der Waals surface area contributed by atoms with Crippen LogP contribution in [0.3, 0.4) is 0 Å². The van der Waals surface area contributed by atoms with Crippen molar-refractivity contribution in [3.05, 3.63) is 10.1 Å². The second kappa shape index (κ2) is 2.84. The second-order valence-corrected chi connectivity index (χ2v) is 4.88. The number of alkyl halides is 1. The van der Waals surface area contributed by atoms with Gasteiger partial charge < -0.3 is 0 Å². The zero-order chi connectivity index (χ0) is 9.53. The molecule has 3 rings (SSSR count). The standard InChI is InChI=1S/C9H14ClNO2/c10-7-8-1-4-9(5-2-8,6-3-8)11(12)13/h1-7H2. The number of nitrogens with zero attached hydrogens (tertiary/aromatic N) is 1. The Bertz CT molecular complexity index is 217. The number of halogens is 1. The molecule has 74 valence electrons. The van der Waals surface area contributed by atoms with Crippen LogP contribution in [0, 0.1) is 15.5 Å². The van der Waals surface area contributed by atoms with Crippen molar-refractivity contribution in [1.82, 2.24) is 0 Å². The first-order valence-corrected chi connectivity index (χ1v) is 5.37. The molecule has 0 aromatic heterocycles. The first-order chi connectivity index (χ1) is 6.13. The van der Waals surface area contributed by atoms with Gasteiger partial charge in [-0.25, -0.2) is 0 Å². The van der Waals surface area contributed by atoms with Gasteiger partial charge in [-0.15, -0.1) is 11.6 Å². The van der Waals surface area contributed by atoms with E-state index in [1.807, 2.05) is 0 Å². The van der Waals surface area contributed by atoms with E-state index in [0.717, 1.165) is 38.5 Å². The fourth-order valence-corrected chi connectivity index (χ4v) is 3.12. The monoisotopic (exact) mass is 203 g/mol. The molecule has 0 aliphatic heterocycles. The topological polar surface area (TPSA) is 43.1 Å². The van der Waals surface area contributed by atoms with Crippen LogP contribution in [0.25, 0.3) is 0 Å². The normalized spacial score (nSPS) is 43.5. The third kappa shape index (κ3) is 1.25. The molecule has 0 saturated heterocycles. The van der Waals surface area contributed by atoms with Crippen LogP contribution in [0.1, 0.15) is 38.5 Å². The van der Waals surface area contributed by atoms with Crippen molar-refractivity contribution in [2.24, 2.45) is 5.41 Å². The van der Waals surface area contributed by atoms with E-state index in [0.29, 0.717) is 5.88 Å². The van der Waals surface area contributed by atoms with Gasteiger partial charge in [0.1, 0.15) is 0 Å². The van der Waals surface area contributed by atoms with Gasteiger partial charge in [0, 0.05) is 30.1 Å². The number of hydrogen-bond donors (Lipinski definition) is 0. The molecule has 3 aliphatic rings. The van der Waals surface area contributed by atoms with Crippen LogP contribution in [0.2, 0.25) is 0 Å². The number of hydrogen-bond acceptors (Lipinski definition) is 2. The first-order valence-electron chi connectivity index (χ1n) is 4.83. The van der Waals surface area contributed by atoms with Crippen LogP contribution in [0.5, 0.6) is 0 Å². The highest BCUT2D eigenvalue weighted by molar-refractivity contribution is 6.18. The molecule has 0 heterocycles. The molecule has 4 heteroatoms. The SMILES string of the molecule is O=[N+]([O-])C12CCC(CCl)(CC1)CC2. The van der Waals surface area contributed by atoms with Crippen molar-refractivity contribution in [2.75, 3.05) is 5.88 Å². The Morgan fingerprint density at radius 2 is 1.62 bits per heavy atom. The molecule has 0 N–H and O–H groups in total.